The maximum Gasteiger partial charge on any atom is 0.319 e. The number of thioether (sulfide) groups is 1. The number of hydrogen-bond acceptors (Lipinski definition) is 17. The highest BCUT2D eigenvalue weighted by Gasteiger charge is 2.42. The second-order valence-electron chi connectivity index (χ2n) is 16.6. The van der Waals surface area contributed by atoms with Gasteiger partial charge in [-0.1, -0.05) is 110 Å². The normalized spacial score (nSPS) is 15.3. The molecule has 2 aromatic heterocycles. The molecule has 422 valence electrons. The number of aromatic nitrogens is 2. The minimum Gasteiger partial charge on any atom is -0.481 e. The Morgan fingerprint density at radius 1 is 0.750 bits per heavy atom. The molecule has 5 aromatic rings. The van der Waals surface area contributed by atoms with E-state index in [1.165, 1.54) is 13.2 Å². The number of carbonyl (C=O) groups excluding carboxylic acids is 5. The lowest BCUT2D eigenvalue weighted by Crippen LogP contribution is -2.36. The van der Waals surface area contributed by atoms with Crippen molar-refractivity contribution in [3.05, 3.63) is 170 Å². The number of carboxylic acid groups (broad SMARTS) is 1. The van der Waals surface area contributed by atoms with Crippen molar-refractivity contribution in [3.8, 4) is 18.2 Å². The van der Waals surface area contributed by atoms with E-state index in [2.05, 4.69) is 67.8 Å². The zero-order valence-electron chi connectivity index (χ0n) is 43.4. The number of rotatable bonds is 18. The summed E-state index contributed by atoms with van der Waals surface area (Å²) in [4.78, 5) is 72.9. The summed E-state index contributed by atoms with van der Waals surface area (Å²) in [6.07, 6.45) is 4.65. The van der Waals surface area contributed by atoms with Gasteiger partial charge in [-0.15, -0.1) is 0 Å². The monoisotopic (exact) mass is 1240 g/mol. The third kappa shape index (κ3) is 27.6. The summed E-state index contributed by atoms with van der Waals surface area (Å²) in [6.45, 7) is -0.436. The van der Waals surface area contributed by atoms with Crippen LogP contribution in [0.5, 0.6) is 0 Å². The fraction of sp³-hybridized carbons (Fsp3) is 0.304. The number of fused-ring (bicyclic) bond motifs is 1. The molecule has 3 aromatic carbocycles. The second-order valence-corrected chi connectivity index (χ2v) is 19.5. The number of nitrogens with zero attached hydrogens (tertiary/aromatic N) is 5. The SMILES string of the molecule is COC(=O)CC#N.N#C/C(=C\c1cccc(Br)n1)C(=O)N[C@@H](CO)c1ccccc1.N#CCC(=O)N[C@@H](CO)c1ccccc1.N[C@@H](CO)c1ccccc1.O=C(O)CCCC[C@H]1SC[C@H]2NC(=O)N[C@H]21.O=Cc1cccc(Br)n1. The number of methoxy groups -OCH3 is 1. The highest BCUT2D eigenvalue weighted by molar-refractivity contribution is 9.10. The zero-order valence-corrected chi connectivity index (χ0v) is 47.4. The molecule has 21 nitrogen and oxygen atoms in total. The maximum atomic E-state index is 12.3. The van der Waals surface area contributed by atoms with E-state index >= 15 is 0 Å². The molecule has 0 bridgehead atoms. The highest BCUT2D eigenvalue weighted by atomic mass is 79.9. The highest BCUT2D eigenvalue weighted by Crippen LogP contribution is 2.33. The predicted molar refractivity (Wildman–Crippen MR) is 306 cm³/mol. The first-order chi connectivity index (χ1) is 38.5. The van der Waals surface area contributed by atoms with Gasteiger partial charge in [0.1, 0.15) is 39.4 Å². The number of aldehydes is 1. The van der Waals surface area contributed by atoms with E-state index < -0.39 is 29.9 Å². The Labute approximate surface area is 484 Å². The number of aliphatic hydroxyl groups excluding tert-OH is 3. The van der Waals surface area contributed by atoms with Crippen LogP contribution in [0.15, 0.2) is 142 Å². The molecule has 0 saturated carbocycles. The van der Waals surface area contributed by atoms with Crippen LogP contribution in [0.3, 0.4) is 0 Å². The number of nitrogens with one attached hydrogen (secondary N) is 4. The van der Waals surface area contributed by atoms with Gasteiger partial charge in [0.2, 0.25) is 5.91 Å². The van der Waals surface area contributed by atoms with E-state index in [0.29, 0.717) is 32.1 Å². The average Bonchev–Trinajstić information content (AvgIpc) is 4.09. The number of halogens is 2. The van der Waals surface area contributed by atoms with Crippen LogP contribution < -0.4 is 27.0 Å². The van der Waals surface area contributed by atoms with Crippen molar-refractivity contribution >= 4 is 85.8 Å². The molecule has 4 amide bonds. The van der Waals surface area contributed by atoms with Gasteiger partial charge in [0.15, 0.2) is 6.29 Å². The van der Waals surface area contributed by atoms with Gasteiger partial charge in [0.05, 0.1) is 75.0 Å². The van der Waals surface area contributed by atoms with Crippen molar-refractivity contribution in [1.29, 1.82) is 15.8 Å². The maximum absolute atomic E-state index is 12.3. The first-order valence-corrected chi connectivity index (χ1v) is 27.1. The molecule has 6 atom stereocenters. The summed E-state index contributed by atoms with van der Waals surface area (Å²) in [5.74, 6) is -1.18. The number of nitrogens with two attached hydrogens (primary N) is 1. The lowest BCUT2D eigenvalue weighted by Gasteiger charge is -2.16. The molecule has 10 N–H and O–H groups in total. The Hall–Kier alpha value is -7.86. The topological polar surface area (TPSA) is 364 Å². The lowest BCUT2D eigenvalue weighted by molar-refractivity contribution is -0.139. The van der Waals surface area contributed by atoms with E-state index in [1.54, 1.807) is 60.7 Å². The summed E-state index contributed by atoms with van der Waals surface area (Å²) < 4.78 is 5.43. The van der Waals surface area contributed by atoms with Crippen LogP contribution in [0, 0.1) is 34.0 Å². The van der Waals surface area contributed by atoms with Crippen LogP contribution >= 0.6 is 43.6 Å². The van der Waals surface area contributed by atoms with Gasteiger partial charge >= 0.3 is 18.0 Å². The number of amides is 4. The number of hydrogen-bond donors (Lipinski definition) is 9. The molecule has 0 radical (unpaired) electrons. The van der Waals surface area contributed by atoms with Crippen LogP contribution in [0.1, 0.15) is 89.5 Å². The molecule has 0 aliphatic carbocycles. The van der Waals surface area contributed by atoms with Gasteiger partial charge < -0.3 is 52.2 Å². The fourth-order valence-corrected chi connectivity index (χ4v) is 9.15. The second kappa shape index (κ2) is 40.3. The van der Waals surface area contributed by atoms with E-state index in [1.807, 2.05) is 96.7 Å². The summed E-state index contributed by atoms with van der Waals surface area (Å²) >= 11 is 8.24. The molecule has 24 heteroatoms. The van der Waals surface area contributed by atoms with Crippen LogP contribution in [0.2, 0.25) is 0 Å². The number of benzene rings is 3. The first kappa shape index (κ1) is 68.2. The number of carboxylic acids is 1. The van der Waals surface area contributed by atoms with Gasteiger partial charge in [-0.05, 0) is 91.7 Å². The predicted octanol–water partition coefficient (Wildman–Crippen LogP) is 6.56. The van der Waals surface area contributed by atoms with Gasteiger partial charge in [0.25, 0.3) is 5.91 Å². The standard InChI is InChI=1S/C17H14BrN3O2.C11H12N2O2.C10H16N2O3S.C8H11NO.C6H4BrNO.C4H5NO2/c18-16-8-4-7-14(20-16)9-13(10-19)17(23)21-15(11-22)12-5-2-1-3-6-12;12-7-6-11(15)13-10(8-14)9-4-2-1-3-5-9;13-8(14)4-2-1-3-7-9-6(5-16-7)11-10(15)12-9;9-8(6-10)7-4-2-1-3-5-7;7-6-3-1-2-5(4-9)8-6;1-7-4(6)2-3-5/h1-9,15,22H,11H2,(H,21,23);1-5,10,14H,6,8H2,(H,13,15);6-7,9H,1-5H2,(H,13,14)(H2,11,12,15);1-5,8,10H,6,9H2;1-4H;2H2,1H3/b13-9+;;;;;/t15-;10-;6-,7-,9-;8-;;/m0010../s1. The van der Waals surface area contributed by atoms with Gasteiger partial charge in [-0.3, -0.25) is 24.0 Å². The Balaban J connectivity index is 0.000000343. The average molecular weight is 1240 g/mol. The molecular weight excluding hydrogens is 1180 g/mol. The van der Waals surface area contributed by atoms with Gasteiger partial charge in [-0.2, -0.15) is 27.5 Å². The summed E-state index contributed by atoms with van der Waals surface area (Å²) in [6, 6.07) is 42.6. The molecule has 0 spiro atoms. The number of unbranched alkanes of at least 4 members (excludes halogenated alkanes) is 1. The number of urea groups is 1. The van der Waals surface area contributed by atoms with Crippen molar-refractivity contribution in [2.24, 2.45) is 5.73 Å². The molecule has 4 heterocycles. The number of aliphatic carboxylic acids is 1. The largest absolute Gasteiger partial charge is 0.481 e. The summed E-state index contributed by atoms with van der Waals surface area (Å²) in [5, 5.41) is 72.6. The molecule has 2 aliphatic heterocycles. The van der Waals surface area contributed by atoms with Crippen molar-refractivity contribution in [3.63, 3.8) is 0 Å². The minimum atomic E-state index is -0.729. The Bertz CT molecular complexity index is 2860. The molecule has 0 unspecified atom stereocenters. The summed E-state index contributed by atoms with van der Waals surface area (Å²) in [5.41, 5.74) is 8.97. The van der Waals surface area contributed by atoms with Crippen LogP contribution in [0.4, 0.5) is 4.79 Å². The van der Waals surface area contributed by atoms with E-state index in [-0.39, 0.29) is 74.7 Å². The number of esters is 1. The van der Waals surface area contributed by atoms with Crippen LogP contribution in [-0.2, 0) is 23.9 Å². The Kier molecular flexibility index (Phi) is 34.4. The molecule has 2 saturated heterocycles. The third-order valence-corrected chi connectivity index (χ3v) is 13.2. The Morgan fingerprint density at radius 3 is 1.73 bits per heavy atom. The van der Waals surface area contributed by atoms with E-state index in [0.717, 1.165) is 41.7 Å². The molecular formula is C56H62Br2N10O11S. The van der Waals surface area contributed by atoms with Gasteiger partial charge in [-0.25, -0.2) is 14.8 Å². The number of aliphatic hydroxyl groups is 3. The zero-order chi connectivity index (χ0) is 59.1. The molecule has 80 heavy (non-hydrogen) atoms. The number of nitriles is 3. The smallest absolute Gasteiger partial charge is 0.319 e. The first-order valence-electron chi connectivity index (χ1n) is 24.4. The van der Waals surface area contributed by atoms with Crippen molar-refractivity contribution in [2.75, 3.05) is 32.7 Å². The third-order valence-electron chi connectivity index (χ3n) is 10.8. The van der Waals surface area contributed by atoms with Crippen molar-refractivity contribution in [2.45, 2.75) is 74.0 Å². The van der Waals surface area contributed by atoms with Gasteiger partial charge in [0, 0.05) is 17.4 Å². The van der Waals surface area contributed by atoms with Crippen molar-refractivity contribution < 1.29 is 53.9 Å². The summed E-state index contributed by atoms with van der Waals surface area (Å²) in [7, 11) is 1.25. The molecule has 2 fully saturated rings. The lowest BCUT2D eigenvalue weighted by atomic mass is 10.0. The van der Waals surface area contributed by atoms with Crippen molar-refractivity contribution in [1.82, 2.24) is 31.2 Å². The number of carbonyl (C=O) groups is 6. The fourth-order valence-electron chi connectivity index (χ4n) is 6.89. The molecule has 7 rings (SSSR count). The quantitative estimate of drug-likeness (QED) is 0.00853. The number of pyridine rings is 2. The van der Waals surface area contributed by atoms with E-state index in [9.17, 15) is 39.1 Å². The Morgan fingerprint density at radius 2 is 1.27 bits per heavy atom. The van der Waals surface area contributed by atoms with Crippen LogP contribution in [-0.4, -0.2) is 116 Å². The van der Waals surface area contributed by atoms with Crippen LogP contribution in [0.25, 0.3) is 6.08 Å². The molecule has 2 aliphatic rings. The van der Waals surface area contributed by atoms with E-state index in [4.69, 9.17) is 31.6 Å². The number of ether oxygens (including phenoxy) is 1. The minimum absolute atomic E-state index is 0.00398.